The molecular weight excluding hydrogens is 973 g/mol. The SMILES string of the molecule is CC/C=C\C/C=C\C/C=C\C/C=C\C/C=C\C/C=C\CCCCC(=O)OC(COC(=O)CCCCCCCCC/C=C\CCCCCCCCC)COC(=O)CCCCCCCCCCCCCCCCCCCCCCCC. The minimum Gasteiger partial charge on any atom is -0.462 e. The molecule has 456 valence electrons. The molecule has 0 aromatic carbocycles. The monoisotopic (exact) mass is 1100 g/mol. The lowest BCUT2D eigenvalue weighted by Crippen LogP contribution is -2.30. The number of rotatable bonds is 62. The molecule has 0 aliphatic rings. The summed E-state index contributed by atoms with van der Waals surface area (Å²) in [5.41, 5.74) is 0. The number of hydrogen-bond donors (Lipinski definition) is 0. The molecular formula is C73H128O6. The Morgan fingerprint density at radius 1 is 0.266 bits per heavy atom. The van der Waals surface area contributed by atoms with Crippen LogP contribution in [0.4, 0.5) is 0 Å². The van der Waals surface area contributed by atoms with Gasteiger partial charge in [0.05, 0.1) is 0 Å². The van der Waals surface area contributed by atoms with E-state index in [1.54, 1.807) is 0 Å². The highest BCUT2D eigenvalue weighted by Crippen LogP contribution is 2.17. The number of carbonyl (C=O) groups is 3. The average molecular weight is 1100 g/mol. The van der Waals surface area contributed by atoms with E-state index in [1.165, 1.54) is 205 Å². The van der Waals surface area contributed by atoms with Gasteiger partial charge in [0, 0.05) is 19.3 Å². The molecule has 0 saturated heterocycles. The zero-order chi connectivity index (χ0) is 57.1. The molecule has 79 heavy (non-hydrogen) atoms. The van der Waals surface area contributed by atoms with Crippen LogP contribution in [0.3, 0.4) is 0 Å². The molecule has 0 aromatic heterocycles. The van der Waals surface area contributed by atoms with Gasteiger partial charge in [-0.05, 0) is 96.3 Å². The zero-order valence-electron chi connectivity index (χ0n) is 52.4. The van der Waals surface area contributed by atoms with E-state index in [0.29, 0.717) is 19.3 Å². The van der Waals surface area contributed by atoms with Crippen molar-refractivity contribution in [2.75, 3.05) is 13.2 Å². The van der Waals surface area contributed by atoms with Crippen LogP contribution < -0.4 is 0 Å². The lowest BCUT2D eigenvalue weighted by Gasteiger charge is -2.18. The first-order valence-corrected chi connectivity index (χ1v) is 34.1. The Balaban J connectivity index is 4.42. The second-order valence-electron chi connectivity index (χ2n) is 22.7. The van der Waals surface area contributed by atoms with Crippen molar-refractivity contribution >= 4 is 17.9 Å². The van der Waals surface area contributed by atoms with Gasteiger partial charge in [-0.1, -0.05) is 311 Å². The molecule has 0 aliphatic carbocycles. The van der Waals surface area contributed by atoms with Crippen molar-refractivity contribution in [1.82, 2.24) is 0 Å². The molecule has 0 aliphatic heterocycles. The van der Waals surface area contributed by atoms with Crippen LogP contribution in [-0.2, 0) is 28.6 Å². The highest BCUT2D eigenvalue weighted by molar-refractivity contribution is 5.71. The number of esters is 3. The van der Waals surface area contributed by atoms with E-state index < -0.39 is 6.10 Å². The van der Waals surface area contributed by atoms with Gasteiger partial charge < -0.3 is 14.2 Å². The summed E-state index contributed by atoms with van der Waals surface area (Å²) in [5, 5.41) is 0. The van der Waals surface area contributed by atoms with Gasteiger partial charge in [0.1, 0.15) is 13.2 Å². The number of unbranched alkanes of at least 4 members (excludes halogenated alkanes) is 37. The summed E-state index contributed by atoms with van der Waals surface area (Å²) in [6.45, 7) is 6.54. The molecule has 0 bridgehead atoms. The van der Waals surface area contributed by atoms with Gasteiger partial charge in [0.2, 0.25) is 0 Å². The zero-order valence-corrected chi connectivity index (χ0v) is 52.4. The van der Waals surface area contributed by atoms with Crippen LogP contribution in [0, 0.1) is 0 Å². The van der Waals surface area contributed by atoms with Crippen LogP contribution >= 0.6 is 0 Å². The smallest absolute Gasteiger partial charge is 0.306 e. The largest absolute Gasteiger partial charge is 0.462 e. The predicted octanol–water partition coefficient (Wildman–Crippen LogP) is 23.4. The maximum absolute atomic E-state index is 12.9. The van der Waals surface area contributed by atoms with Crippen molar-refractivity contribution in [3.05, 3.63) is 85.1 Å². The third-order valence-electron chi connectivity index (χ3n) is 14.9. The lowest BCUT2D eigenvalue weighted by molar-refractivity contribution is -0.167. The fraction of sp³-hybridized carbons (Fsp3) is 0.767. The molecule has 6 heteroatoms. The average Bonchev–Trinajstić information content (AvgIpc) is 3.45. The molecule has 0 aromatic rings. The molecule has 1 atom stereocenters. The van der Waals surface area contributed by atoms with E-state index in [2.05, 4.69) is 106 Å². The number of hydrogen-bond acceptors (Lipinski definition) is 6. The third kappa shape index (κ3) is 65.3. The second kappa shape index (κ2) is 67.1. The van der Waals surface area contributed by atoms with Crippen LogP contribution in [-0.4, -0.2) is 37.2 Å². The maximum atomic E-state index is 12.9. The Hall–Kier alpha value is -3.41. The van der Waals surface area contributed by atoms with Gasteiger partial charge in [-0.15, -0.1) is 0 Å². The molecule has 0 saturated carbocycles. The topological polar surface area (TPSA) is 78.9 Å². The first-order chi connectivity index (χ1) is 39.0. The fourth-order valence-electron chi connectivity index (χ4n) is 9.80. The molecule has 0 N–H and O–H groups in total. The Labute approximate surface area is 490 Å². The standard InChI is InChI=1S/C73H128O6/c1-4-7-10-13-16-19-22-25-28-31-34-36-38-39-42-45-48-51-54-57-60-63-66-72(75)78-69-70(68-77-71(74)65-62-59-56-53-50-47-44-41-33-30-27-24-21-18-15-12-9-6-3)79-73(76)67-64-61-58-55-52-49-46-43-40-37-35-32-29-26-23-20-17-14-11-8-5-2/h8,11,17,20,26,29-30,33,35,37,43,46,52,55,70H,4-7,9-10,12-16,18-19,21-25,27-28,31-32,34,36,38-42,44-45,47-51,53-54,56-69H2,1-3H3/b11-8-,20-17-,29-26-,33-30-,37-35-,46-43-,55-52-. The molecule has 0 spiro atoms. The third-order valence-corrected chi connectivity index (χ3v) is 14.9. The normalized spacial score (nSPS) is 12.6. The van der Waals surface area contributed by atoms with Gasteiger partial charge in [-0.3, -0.25) is 14.4 Å². The van der Waals surface area contributed by atoms with E-state index in [1.807, 2.05) is 0 Å². The molecule has 0 amide bonds. The molecule has 6 nitrogen and oxygen atoms in total. The summed E-state index contributed by atoms with van der Waals surface area (Å²) in [5.74, 6) is -0.923. The van der Waals surface area contributed by atoms with Gasteiger partial charge in [-0.25, -0.2) is 0 Å². The van der Waals surface area contributed by atoms with Gasteiger partial charge >= 0.3 is 17.9 Å². The predicted molar refractivity (Wildman–Crippen MR) is 344 cm³/mol. The van der Waals surface area contributed by atoms with Gasteiger partial charge in [0.15, 0.2) is 6.10 Å². The van der Waals surface area contributed by atoms with Crippen molar-refractivity contribution in [2.24, 2.45) is 0 Å². The van der Waals surface area contributed by atoms with Crippen molar-refractivity contribution in [3.8, 4) is 0 Å². The summed E-state index contributed by atoms with van der Waals surface area (Å²) >= 11 is 0. The first kappa shape index (κ1) is 75.6. The Morgan fingerprint density at radius 3 is 0.810 bits per heavy atom. The van der Waals surface area contributed by atoms with E-state index in [9.17, 15) is 14.4 Å². The molecule has 0 fully saturated rings. The van der Waals surface area contributed by atoms with Crippen LogP contribution in [0.1, 0.15) is 342 Å². The Bertz CT molecular complexity index is 1500. The highest BCUT2D eigenvalue weighted by Gasteiger charge is 2.19. The first-order valence-electron chi connectivity index (χ1n) is 34.1. The van der Waals surface area contributed by atoms with Gasteiger partial charge in [0.25, 0.3) is 0 Å². The summed E-state index contributed by atoms with van der Waals surface area (Å²) in [6.07, 6.45) is 88.9. The molecule has 1 unspecified atom stereocenters. The lowest BCUT2D eigenvalue weighted by atomic mass is 10.0. The van der Waals surface area contributed by atoms with Gasteiger partial charge in [-0.2, -0.15) is 0 Å². The van der Waals surface area contributed by atoms with Crippen LogP contribution in [0.15, 0.2) is 85.1 Å². The summed E-state index contributed by atoms with van der Waals surface area (Å²) in [4.78, 5) is 38.4. The molecule has 0 rings (SSSR count). The molecule has 0 heterocycles. The summed E-state index contributed by atoms with van der Waals surface area (Å²) < 4.78 is 16.9. The van der Waals surface area contributed by atoms with Crippen LogP contribution in [0.5, 0.6) is 0 Å². The molecule has 0 radical (unpaired) electrons. The summed E-state index contributed by atoms with van der Waals surface area (Å²) in [6, 6.07) is 0. The second-order valence-corrected chi connectivity index (χ2v) is 22.7. The van der Waals surface area contributed by atoms with Crippen molar-refractivity contribution in [3.63, 3.8) is 0 Å². The van der Waals surface area contributed by atoms with E-state index in [4.69, 9.17) is 14.2 Å². The minimum absolute atomic E-state index is 0.0926. The van der Waals surface area contributed by atoms with E-state index >= 15 is 0 Å². The highest BCUT2D eigenvalue weighted by atomic mass is 16.6. The Morgan fingerprint density at radius 2 is 0.494 bits per heavy atom. The Kier molecular flexibility index (Phi) is 64.2. The van der Waals surface area contributed by atoms with Crippen LogP contribution in [0.25, 0.3) is 0 Å². The van der Waals surface area contributed by atoms with E-state index in [-0.39, 0.29) is 37.5 Å². The number of allylic oxidation sites excluding steroid dienone is 14. The quantitative estimate of drug-likeness (QED) is 0.0261. The maximum Gasteiger partial charge on any atom is 0.306 e. The fourth-order valence-corrected chi connectivity index (χ4v) is 9.80. The summed E-state index contributed by atoms with van der Waals surface area (Å²) in [7, 11) is 0. The van der Waals surface area contributed by atoms with Crippen molar-refractivity contribution < 1.29 is 28.6 Å². The number of carbonyl (C=O) groups excluding carboxylic acids is 3. The number of ether oxygens (including phenoxy) is 3. The van der Waals surface area contributed by atoms with E-state index in [0.717, 1.165) is 89.9 Å². The van der Waals surface area contributed by atoms with Crippen LogP contribution in [0.2, 0.25) is 0 Å². The minimum atomic E-state index is -0.802. The van der Waals surface area contributed by atoms with Crippen molar-refractivity contribution in [2.45, 2.75) is 348 Å². The van der Waals surface area contributed by atoms with Crippen molar-refractivity contribution in [1.29, 1.82) is 0 Å².